The van der Waals surface area contributed by atoms with E-state index in [0.29, 0.717) is 12.8 Å². The number of carboxylic acids is 1. The second-order valence-corrected chi connectivity index (χ2v) is 5.96. The summed E-state index contributed by atoms with van der Waals surface area (Å²) in [6.07, 6.45) is 0.132. The Labute approximate surface area is 111 Å². The van der Waals surface area contributed by atoms with E-state index < -0.39 is 22.3 Å². The molecule has 1 atom stereocenters. The van der Waals surface area contributed by atoms with E-state index >= 15 is 0 Å². The topological polar surface area (TPSA) is 113 Å². The van der Waals surface area contributed by atoms with Gasteiger partial charge in [0, 0.05) is 19.5 Å². The van der Waals surface area contributed by atoms with Crippen molar-refractivity contribution in [1.82, 2.24) is 9.03 Å². The van der Waals surface area contributed by atoms with Gasteiger partial charge in [-0.3, -0.25) is 4.79 Å². The number of ether oxygens (including phenoxy) is 1. The van der Waals surface area contributed by atoms with Crippen molar-refractivity contribution in [2.24, 2.45) is 5.92 Å². The van der Waals surface area contributed by atoms with Gasteiger partial charge in [0.2, 0.25) is 0 Å². The Morgan fingerprint density at radius 2 is 2.16 bits per heavy atom. The molecule has 1 aliphatic rings. The third-order valence-corrected chi connectivity index (χ3v) is 4.21. The molecule has 0 aromatic rings. The summed E-state index contributed by atoms with van der Waals surface area (Å²) in [5.41, 5.74) is 0. The SMILES string of the molecule is CCOC(=O)NS(=O)(=O)N1CCCC(CC(=O)O)C1. The van der Waals surface area contributed by atoms with Gasteiger partial charge in [-0.2, -0.15) is 12.7 Å². The van der Waals surface area contributed by atoms with Crippen LogP contribution in [0.4, 0.5) is 4.79 Å². The molecule has 1 aliphatic heterocycles. The van der Waals surface area contributed by atoms with Gasteiger partial charge in [-0.15, -0.1) is 0 Å². The molecule has 19 heavy (non-hydrogen) atoms. The Morgan fingerprint density at radius 3 is 2.74 bits per heavy atom. The van der Waals surface area contributed by atoms with E-state index in [9.17, 15) is 18.0 Å². The number of rotatable bonds is 5. The van der Waals surface area contributed by atoms with Gasteiger partial charge in [0.1, 0.15) is 0 Å². The molecule has 2 N–H and O–H groups in total. The molecule has 1 saturated heterocycles. The predicted molar refractivity (Wildman–Crippen MR) is 65.6 cm³/mol. The van der Waals surface area contributed by atoms with Gasteiger partial charge in [-0.25, -0.2) is 9.52 Å². The molecule has 0 aromatic heterocycles. The number of nitrogens with zero attached hydrogens (tertiary/aromatic N) is 1. The molecule has 1 rings (SSSR count). The summed E-state index contributed by atoms with van der Waals surface area (Å²) >= 11 is 0. The molecule has 0 aliphatic carbocycles. The normalized spacial score (nSPS) is 20.8. The van der Waals surface area contributed by atoms with E-state index in [4.69, 9.17) is 5.11 Å². The fourth-order valence-corrected chi connectivity index (χ4v) is 3.16. The van der Waals surface area contributed by atoms with Crippen LogP contribution >= 0.6 is 0 Å². The molecule has 1 heterocycles. The highest BCUT2D eigenvalue weighted by atomic mass is 32.2. The highest BCUT2D eigenvalue weighted by Gasteiger charge is 2.31. The smallest absolute Gasteiger partial charge is 0.421 e. The third kappa shape index (κ3) is 5.03. The zero-order chi connectivity index (χ0) is 14.5. The number of aliphatic carboxylic acids is 1. The number of nitrogens with one attached hydrogen (secondary N) is 1. The number of carbonyl (C=O) groups is 2. The van der Waals surface area contributed by atoms with Crippen molar-refractivity contribution < 1.29 is 27.9 Å². The number of carboxylic acid groups (broad SMARTS) is 1. The lowest BCUT2D eigenvalue weighted by atomic mass is 9.96. The predicted octanol–water partition coefficient (Wildman–Crippen LogP) is 0.164. The Hall–Kier alpha value is -1.35. The molecule has 0 aromatic carbocycles. The van der Waals surface area contributed by atoms with Crippen LogP contribution in [0.25, 0.3) is 0 Å². The molecule has 1 fully saturated rings. The summed E-state index contributed by atoms with van der Waals surface area (Å²) in [4.78, 5) is 21.8. The molecule has 1 amide bonds. The van der Waals surface area contributed by atoms with Crippen molar-refractivity contribution in [1.29, 1.82) is 0 Å². The highest BCUT2D eigenvalue weighted by molar-refractivity contribution is 7.87. The maximum Gasteiger partial charge on any atom is 0.421 e. The summed E-state index contributed by atoms with van der Waals surface area (Å²) in [6.45, 7) is 2.00. The summed E-state index contributed by atoms with van der Waals surface area (Å²) in [6, 6.07) is 0. The summed E-state index contributed by atoms with van der Waals surface area (Å²) < 4.78 is 31.1. The van der Waals surface area contributed by atoms with Crippen LogP contribution in [0.2, 0.25) is 0 Å². The number of hydrogen-bond donors (Lipinski definition) is 2. The van der Waals surface area contributed by atoms with Gasteiger partial charge in [0.05, 0.1) is 6.61 Å². The number of amides is 1. The van der Waals surface area contributed by atoms with Crippen LogP contribution in [0.3, 0.4) is 0 Å². The average Bonchev–Trinajstić information content (AvgIpc) is 2.28. The van der Waals surface area contributed by atoms with Crippen LogP contribution in [0.15, 0.2) is 0 Å². The summed E-state index contributed by atoms with van der Waals surface area (Å²) in [5, 5.41) is 8.71. The van der Waals surface area contributed by atoms with Crippen molar-refractivity contribution in [2.45, 2.75) is 26.2 Å². The van der Waals surface area contributed by atoms with E-state index in [0.717, 1.165) is 4.31 Å². The molecule has 9 heteroatoms. The van der Waals surface area contributed by atoms with Crippen LogP contribution in [0.5, 0.6) is 0 Å². The Balaban J connectivity index is 2.62. The lowest BCUT2D eigenvalue weighted by Gasteiger charge is -2.30. The van der Waals surface area contributed by atoms with Gasteiger partial charge >= 0.3 is 22.3 Å². The molecular weight excluding hydrogens is 276 g/mol. The van der Waals surface area contributed by atoms with E-state index in [1.807, 2.05) is 0 Å². The maximum atomic E-state index is 11.9. The lowest BCUT2D eigenvalue weighted by molar-refractivity contribution is -0.138. The number of piperidine rings is 1. The van der Waals surface area contributed by atoms with Gasteiger partial charge in [-0.1, -0.05) is 0 Å². The minimum Gasteiger partial charge on any atom is -0.481 e. The van der Waals surface area contributed by atoms with Gasteiger partial charge in [0.15, 0.2) is 0 Å². The molecule has 0 bridgehead atoms. The molecule has 0 spiro atoms. The first kappa shape index (κ1) is 15.7. The van der Waals surface area contributed by atoms with Gasteiger partial charge < -0.3 is 9.84 Å². The molecule has 8 nitrogen and oxygen atoms in total. The zero-order valence-electron chi connectivity index (χ0n) is 10.7. The molecule has 0 saturated carbocycles. The van der Waals surface area contributed by atoms with Crippen LogP contribution in [0.1, 0.15) is 26.2 Å². The molecular formula is C10H18N2O6S. The van der Waals surface area contributed by atoms with E-state index in [1.54, 1.807) is 11.6 Å². The van der Waals surface area contributed by atoms with E-state index in [2.05, 4.69) is 4.74 Å². The fourth-order valence-electron chi connectivity index (χ4n) is 1.99. The minimum atomic E-state index is -3.96. The Bertz CT molecular complexity index is 435. The standard InChI is InChI=1S/C10H18N2O6S/c1-2-18-10(15)11-19(16,17)12-5-3-4-8(7-12)6-9(13)14/h8H,2-7H2,1H3,(H,11,15)(H,13,14). The van der Waals surface area contributed by atoms with Gasteiger partial charge in [0.25, 0.3) is 0 Å². The molecule has 1 unspecified atom stereocenters. The monoisotopic (exact) mass is 294 g/mol. The largest absolute Gasteiger partial charge is 0.481 e. The van der Waals surface area contributed by atoms with Gasteiger partial charge in [-0.05, 0) is 25.7 Å². The first-order valence-corrected chi connectivity index (χ1v) is 7.45. The average molecular weight is 294 g/mol. The first-order chi connectivity index (χ1) is 8.85. The van der Waals surface area contributed by atoms with Crippen LogP contribution in [0, 0.1) is 5.92 Å². The lowest BCUT2D eigenvalue weighted by Crippen LogP contribution is -2.48. The highest BCUT2D eigenvalue weighted by Crippen LogP contribution is 2.21. The molecule has 110 valence electrons. The van der Waals surface area contributed by atoms with E-state index in [1.165, 1.54) is 0 Å². The first-order valence-electron chi connectivity index (χ1n) is 6.01. The molecule has 0 radical (unpaired) electrons. The second-order valence-electron chi connectivity index (χ2n) is 4.29. The van der Waals surface area contributed by atoms with Crippen molar-refractivity contribution in [3.05, 3.63) is 0 Å². The van der Waals surface area contributed by atoms with Crippen molar-refractivity contribution in [2.75, 3.05) is 19.7 Å². The van der Waals surface area contributed by atoms with Crippen LogP contribution in [-0.2, 0) is 19.7 Å². The third-order valence-electron chi connectivity index (χ3n) is 2.77. The van der Waals surface area contributed by atoms with E-state index in [-0.39, 0.29) is 32.0 Å². The minimum absolute atomic E-state index is 0.0724. The van der Waals surface area contributed by atoms with Crippen LogP contribution < -0.4 is 4.72 Å². The quantitative estimate of drug-likeness (QED) is 0.747. The van der Waals surface area contributed by atoms with Crippen molar-refractivity contribution in [3.63, 3.8) is 0 Å². The second kappa shape index (κ2) is 6.71. The summed E-state index contributed by atoms with van der Waals surface area (Å²) in [5.74, 6) is -1.19. The van der Waals surface area contributed by atoms with Crippen molar-refractivity contribution >= 4 is 22.3 Å². The van der Waals surface area contributed by atoms with Crippen molar-refractivity contribution in [3.8, 4) is 0 Å². The zero-order valence-corrected chi connectivity index (χ0v) is 11.5. The fraction of sp³-hybridized carbons (Fsp3) is 0.800. The van der Waals surface area contributed by atoms with Crippen LogP contribution in [-0.4, -0.2) is 49.6 Å². The number of hydrogen-bond acceptors (Lipinski definition) is 5. The number of carbonyl (C=O) groups excluding carboxylic acids is 1. The maximum absolute atomic E-state index is 11.9. The summed E-state index contributed by atoms with van der Waals surface area (Å²) in [7, 11) is -3.96. The Kier molecular flexibility index (Phi) is 5.55. The Morgan fingerprint density at radius 1 is 1.47 bits per heavy atom.